The van der Waals surface area contributed by atoms with Crippen molar-refractivity contribution in [1.82, 2.24) is 0 Å². The van der Waals surface area contributed by atoms with Crippen molar-refractivity contribution in [2.24, 2.45) is 0 Å². The van der Waals surface area contributed by atoms with Gasteiger partial charge in [-0.3, -0.25) is 0 Å². The van der Waals surface area contributed by atoms with Gasteiger partial charge in [-0.05, 0) is 20.8 Å². The summed E-state index contributed by atoms with van der Waals surface area (Å²) in [6.45, 7) is 6.32. The molecule has 92 valence electrons. The smallest absolute Gasteiger partial charge is 0.332 e. The first kappa shape index (κ1) is 14.9. The monoisotopic (exact) mass is 246 g/mol. The first-order valence-electron chi connectivity index (χ1n) is 5.27. The second-order valence-electron chi connectivity index (χ2n) is 2.78. The van der Waals surface area contributed by atoms with Gasteiger partial charge in [0.15, 0.2) is 0 Å². The Morgan fingerprint density at radius 2 is 1.69 bits per heavy atom. The van der Waals surface area contributed by atoms with Crippen LogP contribution in [0.25, 0.3) is 0 Å². The summed E-state index contributed by atoms with van der Waals surface area (Å²) in [5, 5.41) is 0.308. The Balaban J connectivity index is 4.51. The van der Waals surface area contributed by atoms with Crippen LogP contribution in [-0.4, -0.2) is 41.5 Å². The Bertz CT molecular complexity index is 262. The summed E-state index contributed by atoms with van der Waals surface area (Å²) in [5.41, 5.74) is 0. The molecule has 0 bridgehead atoms. The Kier molecular flexibility index (Phi) is 8.46. The first-order valence-corrected chi connectivity index (χ1v) is 6.56. The maximum absolute atomic E-state index is 11.4. The minimum Gasteiger partial charge on any atom is -0.463 e. The summed E-state index contributed by atoms with van der Waals surface area (Å²) in [5.74, 6) is -1.02. The standard InChI is InChI=1S/C10H18O5Si/c1-4-13-9(11)7-8(16-15-6-3)10(12)14-5-2/h7H,4-6,16H2,1-3H3/b8-7+. The molecule has 0 aromatic carbocycles. The molecule has 0 fully saturated rings. The molecule has 0 saturated heterocycles. The Morgan fingerprint density at radius 1 is 1.06 bits per heavy atom. The van der Waals surface area contributed by atoms with Crippen LogP contribution in [0.5, 0.6) is 0 Å². The van der Waals surface area contributed by atoms with Crippen LogP contribution in [0.3, 0.4) is 0 Å². The van der Waals surface area contributed by atoms with Gasteiger partial charge in [-0.25, -0.2) is 9.59 Å². The van der Waals surface area contributed by atoms with E-state index in [-0.39, 0.29) is 13.2 Å². The average molecular weight is 246 g/mol. The quantitative estimate of drug-likeness (QED) is 0.363. The number of esters is 2. The van der Waals surface area contributed by atoms with Crippen molar-refractivity contribution in [2.45, 2.75) is 20.8 Å². The maximum Gasteiger partial charge on any atom is 0.332 e. The lowest BCUT2D eigenvalue weighted by Gasteiger charge is -2.06. The van der Waals surface area contributed by atoms with E-state index in [9.17, 15) is 9.59 Å². The average Bonchev–Trinajstić information content (AvgIpc) is 2.24. The molecule has 0 heterocycles. The van der Waals surface area contributed by atoms with E-state index in [0.29, 0.717) is 11.8 Å². The zero-order chi connectivity index (χ0) is 12.4. The van der Waals surface area contributed by atoms with E-state index in [0.717, 1.165) is 0 Å². The predicted octanol–water partition coefficient (Wildman–Crippen LogP) is 0.117. The maximum atomic E-state index is 11.4. The van der Waals surface area contributed by atoms with Gasteiger partial charge in [0.2, 0.25) is 9.76 Å². The first-order chi connectivity index (χ1) is 7.65. The molecule has 0 radical (unpaired) electrons. The van der Waals surface area contributed by atoms with Crippen LogP contribution in [0, 0.1) is 0 Å². The summed E-state index contributed by atoms with van der Waals surface area (Å²) in [6, 6.07) is 0. The molecule has 0 aliphatic rings. The van der Waals surface area contributed by atoms with E-state index in [4.69, 9.17) is 13.9 Å². The van der Waals surface area contributed by atoms with Gasteiger partial charge in [-0.15, -0.1) is 0 Å². The topological polar surface area (TPSA) is 61.8 Å². The lowest BCUT2D eigenvalue weighted by atomic mass is 10.5. The van der Waals surface area contributed by atoms with Crippen LogP contribution < -0.4 is 0 Å². The summed E-state index contributed by atoms with van der Waals surface area (Å²) < 4.78 is 14.7. The van der Waals surface area contributed by atoms with Gasteiger partial charge in [-0.1, -0.05) is 0 Å². The highest BCUT2D eigenvalue weighted by Gasteiger charge is 2.13. The number of carbonyl (C=O) groups excluding carboxylic acids is 2. The number of ether oxygens (including phenoxy) is 2. The van der Waals surface area contributed by atoms with Gasteiger partial charge < -0.3 is 13.9 Å². The number of hydrogen-bond donors (Lipinski definition) is 0. The summed E-state index contributed by atoms with van der Waals surface area (Å²) in [6.07, 6.45) is 1.17. The largest absolute Gasteiger partial charge is 0.463 e. The summed E-state index contributed by atoms with van der Waals surface area (Å²) >= 11 is 0. The van der Waals surface area contributed by atoms with Gasteiger partial charge in [0.25, 0.3) is 0 Å². The zero-order valence-corrected chi connectivity index (χ0v) is 11.4. The fourth-order valence-corrected chi connectivity index (χ4v) is 1.82. The van der Waals surface area contributed by atoms with E-state index in [1.165, 1.54) is 6.08 Å². The second kappa shape index (κ2) is 9.11. The number of rotatable bonds is 7. The van der Waals surface area contributed by atoms with Crippen LogP contribution in [-0.2, 0) is 23.5 Å². The normalized spacial score (nSPS) is 11.8. The molecule has 0 N–H and O–H groups in total. The van der Waals surface area contributed by atoms with Crippen LogP contribution in [0.4, 0.5) is 0 Å². The van der Waals surface area contributed by atoms with E-state index in [2.05, 4.69) is 0 Å². The van der Waals surface area contributed by atoms with Crippen LogP contribution in [0.2, 0.25) is 0 Å². The van der Waals surface area contributed by atoms with Gasteiger partial charge in [0, 0.05) is 12.7 Å². The molecule has 0 aliphatic carbocycles. The zero-order valence-electron chi connectivity index (χ0n) is 9.95. The third-order valence-electron chi connectivity index (χ3n) is 1.58. The lowest BCUT2D eigenvalue weighted by molar-refractivity contribution is -0.140. The molecule has 6 heteroatoms. The molecule has 0 rings (SSSR count). The third-order valence-corrected chi connectivity index (χ3v) is 2.99. The third kappa shape index (κ3) is 6.36. The minimum atomic E-state index is -1.22. The molecule has 5 nitrogen and oxygen atoms in total. The van der Waals surface area contributed by atoms with Crippen LogP contribution in [0.15, 0.2) is 11.3 Å². The fourth-order valence-electron chi connectivity index (χ4n) is 0.922. The fraction of sp³-hybridized carbons (Fsp3) is 0.600. The van der Waals surface area contributed by atoms with Crippen molar-refractivity contribution >= 4 is 21.7 Å². The van der Waals surface area contributed by atoms with Crippen LogP contribution >= 0.6 is 0 Å². The molecule has 0 unspecified atom stereocenters. The van der Waals surface area contributed by atoms with Crippen molar-refractivity contribution in [2.75, 3.05) is 19.8 Å². The van der Waals surface area contributed by atoms with Crippen molar-refractivity contribution < 1.29 is 23.5 Å². The SMILES string of the molecule is CCO[SiH2]/C(=C/C(=O)OCC)C(=O)OCC. The van der Waals surface area contributed by atoms with E-state index >= 15 is 0 Å². The van der Waals surface area contributed by atoms with E-state index in [1.807, 2.05) is 6.92 Å². The number of hydrogen-bond acceptors (Lipinski definition) is 5. The molecule has 0 aromatic heterocycles. The molecule has 16 heavy (non-hydrogen) atoms. The molecule has 0 amide bonds. The molecular weight excluding hydrogens is 228 g/mol. The second-order valence-corrected chi connectivity index (χ2v) is 4.24. The minimum absolute atomic E-state index is 0.277. The van der Waals surface area contributed by atoms with Gasteiger partial charge in [0.05, 0.1) is 18.4 Å². The van der Waals surface area contributed by atoms with Gasteiger partial charge >= 0.3 is 11.9 Å². The summed E-state index contributed by atoms with van der Waals surface area (Å²) in [7, 11) is -1.22. The highest BCUT2D eigenvalue weighted by molar-refractivity contribution is 6.48. The lowest BCUT2D eigenvalue weighted by Crippen LogP contribution is -2.17. The molecule has 0 spiro atoms. The molecule has 0 aliphatic heterocycles. The van der Waals surface area contributed by atoms with E-state index < -0.39 is 21.7 Å². The van der Waals surface area contributed by atoms with Crippen LogP contribution in [0.1, 0.15) is 20.8 Å². The summed E-state index contributed by atoms with van der Waals surface area (Å²) in [4.78, 5) is 22.6. The predicted molar refractivity (Wildman–Crippen MR) is 61.5 cm³/mol. The Morgan fingerprint density at radius 3 is 2.19 bits per heavy atom. The number of carbonyl (C=O) groups is 2. The van der Waals surface area contributed by atoms with Gasteiger partial charge in [0.1, 0.15) is 0 Å². The highest BCUT2D eigenvalue weighted by Crippen LogP contribution is 1.99. The van der Waals surface area contributed by atoms with Gasteiger partial charge in [-0.2, -0.15) is 0 Å². The highest BCUT2D eigenvalue weighted by atomic mass is 28.2. The Hall–Kier alpha value is -1.14. The van der Waals surface area contributed by atoms with Crippen molar-refractivity contribution in [3.8, 4) is 0 Å². The molecule has 0 saturated carbocycles. The van der Waals surface area contributed by atoms with Crippen molar-refractivity contribution in [3.05, 3.63) is 11.3 Å². The molecule has 0 aromatic rings. The Labute approximate surface area is 97.7 Å². The molecule has 0 atom stereocenters. The van der Waals surface area contributed by atoms with Crippen molar-refractivity contribution in [3.63, 3.8) is 0 Å². The molecular formula is C10H18O5Si. The van der Waals surface area contributed by atoms with E-state index in [1.54, 1.807) is 13.8 Å². The van der Waals surface area contributed by atoms with Crippen molar-refractivity contribution in [1.29, 1.82) is 0 Å².